The largest absolute Gasteiger partial charge is 0.487 e. The third-order valence-corrected chi connectivity index (χ3v) is 6.92. The molecule has 1 amide bonds. The lowest BCUT2D eigenvalue weighted by atomic mass is 10.1. The zero-order chi connectivity index (χ0) is 21.0. The van der Waals surface area contributed by atoms with Crippen molar-refractivity contribution in [2.24, 2.45) is 0 Å². The molecule has 31 heavy (non-hydrogen) atoms. The van der Waals surface area contributed by atoms with Gasteiger partial charge < -0.3 is 15.0 Å². The highest BCUT2D eigenvalue weighted by molar-refractivity contribution is 7.10. The van der Waals surface area contributed by atoms with Crippen LogP contribution in [0.3, 0.4) is 0 Å². The van der Waals surface area contributed by atoms with Crippen LogP contribution in [-0.2, 0) is 19.6 Å². The van der Waals surface area contributed by atoms with E-state index in [4.69, 9.17) is 4.74 Å². The molecule has 0 unspecified atom stereocenters. The van der Waals surface area contributed by atoms with Crippen LogP contribution in [0.2, 0.25) is 0 Å². The molecule has 2 aromatic heterocycles. The fourth-order valence-corrected chi connectivity index (χ4v) is 5.05. The number of hydrogen-bond acceptors (Lipinski definition) is 6. The molecule has 0 saturated carbocycles. The first-order valence-electron chi connectivity index (χ1n) is 10.1. The minimum absolute atomic E-state index is 0.159. The number of benzene rings is 2. The van der Waals surface area contributed by atoms with Crippen molar-refractivity contribution in [2.75, 3.05) is 16.8 Å². The summed E-state index contributed by atoms with van der Waals surface area (Å²) in [6.45, 7) is 2.35. The quantitative estimate of drug-likeness (QED) is 0.418. The summed E-state index contributed by atoms with van der Waals surface area (Å²) in [5.74, 6) is 0.488. The average molecular weight is 448 g/mol. The number of nitrogens with zero attached hydrogens (tertiary/aromatic N) is 2. The molecular formula is C24H21N3O2S2. The number of hydrogen-bond donors (Lipinski definition) is 1. The minimum Gasteiger partial charge on any atom is -0.487 e. The first-order valence-corrected chi connectivity index (χ1v) is 11.9. The van der Waals surface area contributed by atoms with Crippen molar-refractivity contribution in [1.29, 1.82) is 0 Å². The molecule has 7 heteroatoms. The Hall–Kier alpha value is -3.16. The maximum absolute atomic E-state index is 12.7. The number of aromatic nitrogens is 1. The number of carbonyl (C=O) groups is 1. The van der Waals surface area contributed by atoms with Crippen LogP contribution >= 0.6 is 22.7 Å². The Morgan fingerprint density at radius 1 is 1.16 bits per heavy atom. The summed E-state index contributed by atoms with van der Waals surface area (Å²) < 4.78 is 5.75. The van der Waals surface area contributed by atoms with Crippen molar-refractivity contribution in [3.63, 3.8) is 0 Å². The van der Waals surface area contributed by atoms with E-state index in [2.05, 4.69) is 38.8 Å². The lowest BCUT2D eigenvalue weighted by Gasteiger charge is -2.29. The van der Waals surface area contributed by atoms with Crippen LogP contribution in [0.15, 0.2) is 70.9 Å². The predicted molar refractivity (Wildman–Crippen MR) is 126 cm³/mol. The summed E-state index contributed by atoms with van der Waals surface area (Å²) in [6, 6.07) is 17.5. The van der Waals surface area contributed by atoms with Gasteiger partial charge in [0.1, 0.15) is 12.4 Å². The molecule has 0 atom stereocenters. The highest BCUT2D eigenvalue weighted by atomic mass is 32.1. The van der Waals surface area contributed by atoms with Gasteiger partial charge in [-0.2, -0.15) is 0 Å². The van der Waals surface area contributed by atoms with Crippen LogP contribution in [0, 0.1) is 0 Å². The maximum atomic E-state index is 12.7. The van der Waals surface area contributed by atoms with Gasteiger partial charge in [0.2, 0.25) is 0 Å². The van der Waals surface area contributed by atoms with E-state index < -0.39 is 0 Å². The lowest BCUT2D eigenvalue weighted by molar-refractivity contribution is 0.102. The molecule has 1 aliphatic rings. The van der Waals surface area contributed by atoms with Gasteiger partial charge in [-0.25, -0.2) is 4.98 Å². The van der Waals surface area contributed by atoms with Crippen LogP contribution in [0.25, 0.3) is 0 Å². The van der Waals surface area contributed by atoms with Gasteiger partial charge in [0.05, 0.1) is 11.2 Å². The predicted octanol–water partition coefficient (Wildman–Crippen LogP) is 5.60. The van der Waals surface area contributed by atoms with Gasteiger partial charge in [-0.15, -0.1) is 22.7 Å². The summed E-state index contributed by atoms with van der Waals surface area (Å²) in [6.07, 6.45) is 1.09. The number of thiazole rings is 1. The molecule has 1 aliphatic heterocycles. The zero-order valence-corrected chi connectivity index (χ0v) is 18.4. The fourth-order valence-electron chi connectivity index (χ4n) is 3.62. The topological polar surface area (TPSA) is 54.5 Å². The monoisotopic (exact) mass is 447 g/mol. The molecule has 0 spiro atoms. The van der Waals surface area contributed by atoms with Crippen LogP contribution in [0.1, 0.15) is 26.5 Å². The molecule has 5 rings (SSSR count). The minimum atomic E-state index is -0.159. The first kappa shape index (κ1) is 19.8. The van der Waals surface area contributed by atoms with Crippen molar-refractivity contribution in [2.45, 2.75) is 19.6 Å². The van der Waals surface area contributed by atoms with Crippen molar-refractivity contribution < 1.29 is 9.53 Å². The van der Waals surface area contributed by atoms with E-state index in [1.807, 2.05) is 41.0 Å². The number of fused-ring (bicyclic) bond motifs is 1. The second kappa shape index (κ2) is 8.91. The lowest BCUT2D eigenvalue weighted by Crippen LogP contribution is -2.29. The Bertz CT molecular complexity index is 1170. The Labute approximate surface area is 189 Å². The molecule has 2 aromatic carbocycles. The number of thiophene rings is 1. The number of carbonyl (C=O) groups excluding carboxylic acids is 1. The van der Waals surface area contributed by atoms with Gasteiger partial charge in [0, 0.05) is 40.3 Å². The van der Waals surface area contributed by atoms with Crippen LogP contribution in [0.5, 0.6) is 5.75 Å². The van der Waals surface area contributed by atoms with Crippen molar-refractivity contribution in [3.8, 4) is 5.75 Å². The molecule has 0 bridgehead atoms. The van der Waals surface area contributed by atoms with Crippen molar-refractivity contribution in [1.82, 2.24) is 4.98 Å². The molecule has 0 radical (unpaired) electrons. The summed E-state index contributed by atoms with van der Waals surface area (Å²) in [5.41, 5.74) is 6.58. The number of nitrogens with one attached hydrogen (secondary N) is 1. The third-order valence-electron chi connectivity index (χ3n) is 5.26. The SMILES string of the molecule is O=C(Nc1ccc(N2CCc3sccc3C2)cc1)c1cccc(OCc2cscn2)c1. The van der Waals surface area contributed by atoms with Crippen molar-refractivity contribution >= 4 is 40.0 Å². The van der Waals surface area contributed by atoms with Gasteiger partial charge >= 0.3 is 0 Å². The van der Waals surface area contributed by atoms with E-state index >= 15 is 0 Å². The summed E-state index contributed by atoms with van der Waals surface area (Å²) in [4.78, 5) is 20.8. The highest BCUT2D eigenvalue weighted by Crippen LogP contribution is 2.28. The van der Waals surface area contributed by atoms with Gasteiger partial charge in [-0.3, -0.25) is 4.79 Å². The molecule has 156 valence electrons. The van der Waals surface area contributed by atoms with Crippen molar-refractivity contribution in [3.05, 3.63) is 92.6 Å². The molecule has 0 aliphatic carbocycles. The summed E-state index contributed by atoms with van der Waals surface area (Å²) >= 11 is 3.38. The normalized spacial score (nSPS) is 13.0. The Kier molecular flexibility index (Phi) is 5.69. The second-order valence-corrected chi connectivity index (χ2v) is 9.06. The van der Waals surface area contributed by atoms with Gasteiger partial charge in [0.25, 0.3) is 5.91 Å². The first-order chi connectivity index (χ1) is 15.2. The van der Waals surface area contributed by atoms with Crippen LogP contribution in [-0.4, -0.2) is 17.4 Å². The summed E-state index contributed by atoms with van der Waals surface area (Å²) in [5, 5.41) is 7.10. The molecule has 0 fully saturated rings. The molecular weight excluding hydrogens is 426 g/mol. The Morgan fingerprint density at radius 2 is 2.06 bits per heavy atom. The fraction of sp³-hybridized carbons (Fsp3) is 0.167. The van der Waals surface area contributed by atoms with Gasteiger partial charge in [-0.1, -0.05) is 6.07 Å². The highest BCUT2D eigenvalue weighted by Gasteiger charge is 2.17. The Balaban J connectivity index is 1.21. The summed E-state index contributed by atoms with van der Waals surface area (Å²) in [7, 11) is 0. The van der Waals surface area contributed by atoms with E-state index in [9.17, 15) is 4.79 Å². The van der Waals surface area contributed by atoms with Crippen LogP contribution in [0.4, 0.5) is 11.4 Å². The standard InChI is InChI=1S/C24H21N3O2S2/c28-24(17-2-1-3-22(12-17)29-14-20-15-30-16-25-20)26-19-4-6-21(7-5-19)27-10-8-23-18(13-27)9-11-31-23/h1-7,9,11-12,15-16H,8,10,13-14H2,(H,26,28). The number of anilines is 2. The van der Waals surface area contributed by atoms with Gasteiger partial charge in [-0.05, 0) is 65.9 Å². The third kappa shape index (κ3) is 4.62. The van der Waals surface area contributed by atoms with E-state index in [0.29, 0.717) is 17.9 Å². The number of rotatable bonds is 6. The van der Waals surface area contributed by atoms with Crippen LogP contribution < -0.4 is 15.0 Å². The average Bonchev–Trinajstić information content (AvgIpc) is 3.50. The maximum Gasteiger partial charge on any atom is 0.255 e. The van der Waals surface area contributed by atoms with E-state index in [1.165, 1.54) is 27.5 Å². The number of amides is 1. The zero-order valence-electron chi connectivity index (χ0n) is 16.8. The molecule has 4 aromatic rings. The molecule has 1 N–H and O–H groups in total. The number of ether oxygens (including phenoxy) is 1. The van der Waals surface area contributed by atoms with E-state index in [0.717, 1.165) is 30.9 Å². The van der Waals surface area contributed by atoms with E-state index in [-0.39, 0.29) is 5.91 Å². The molecule has 3 heterocycles. The smallest absolute Gasteiger partial charge is 0.255 e. The Morgan fingerprint density at radius 3 is 2.90 bits per heavy atom. The molecule has 5 nitrogen and oxygen atoms in total. The second-order valence-electron chi connectivity index (χ2n) is 7.34. The van der Waals surface area contributed by atoms with E-state index in [1.54, 1.807) is 17.6 Å². The molecule has 0 saturated heterocycles. The van der Waals surface area contributed by atoms with Gasteiger partial charge in [0.15, 0.2) is 0 Å².